The monoisotopic (exact) mass is 336 g/mol. The van der Waals surface area contributed by atoms with E-state index >= 15 is 0 Å². The normalized spacial score (nSPS) is 11.5. The summed E-state index contributed by atoms with van der Waals surface area (Å²) in [6.07, 6.45) is 0. The Labute approximate surface area is 148 Å². The molecule has 25 heavy (non-hydrogen) atoms. The molecule has 0 bridgehead atoms. The van der Waals surface area contributed by atoms with Gasteiger partial charge in [-0.05, 0) is 49.6 Å². The smallest absolute Gasteiger partial charge is 0.348 e. The van der Waals surface area contributed by atoms with Crippen molar-refractivity contribution in [2.24, 2.45) is 0 Å². The van der Waals surface area contributed by atoms with Crippen LogP contribution in [0.25, 0.3) is 22.2 Å². The zero-order chi connectivity index (χ0) is 18.1. The maximum atomic E-state index is 12.7. The number of ether oxygens (including phenoxy) is 1. The lowest BCUT2D eigenvalue weighted by molar-refractivity contribution is 0.415. The third kappa shape index (κ3) is 3.16. The first kappa shape index (κ1) is 17.2. The molecule has 0 N–H and O–H groups in total. The second kappa shape index (κ2) is 6.71. The lowest BCUT2D eigenvalue weighted by Crippen LogP contribution is -2.25. The lowest BCUT2D eigenvalue weighted by Gasteiger charge is -2.17. The molecular formula is C21H24N2O2. The summed E-state index contributed by atoms with van der Waals surface area (Å²) < 4.78 is 7.12. The van der Waals surface area contributed by atoms with Crippen LogP contribution in [-0.4, -0.2) is 16.7 Å². The molecule has 1 heterocycles. The second-order valence-electron chi connectivity index (χ2n) is 6.87. The zero-order valence-electron chi connectivity index (χ0n) is 15.4. The Kier molecular flexibility index (Phi) is 4.62. The number of methoxy groups -OCH3 is 1. The molecule has 130 valence electrons. The van der Waals surface area contributed by atoms with Gasteiger partial charge < -0.3 is 4.74 Å². The van der Waals surface area contributed by atoms with E-state index in [0.717, 1.165) is 22.2 Å². The summed E-state index contributed by atoms with van der Waals surface area (Å²) in [6, 6.07) is 14.1. The molecule has 0 amide bonds. The zero-order valence-corrected chi connectivity index (χ0v) is 15.4. The van der Waals surface area contributed by atoms with Crippen LogP contribution in [0.1, 0.15) is 45.2 Å². The highest BCUT2D eigenvalue weighted by Gasteiger charge is 2.15. The number of aromatic nitrogens is 2. The number of fused-ring (bicyclic) bond motifs is 1. The van der Waals surface area contributed by atoms with Gasteiger partial charge in [0.1, 0.15) is 5.75 Å². The van der Waals surface area contributed by atoms with Crippen molar-refractivity contribution in [2.75, 3.05) is 7.11 Å². The number of rotatable bonds is 4. The van der Waals surface area contributed by atoms with Crippen molar-refractivity contribution in [2.45, 2.75) is 39.7 Å². The maximum absolute atomic E-state index is 12.7. The van der Waals surface area contributed by atoms with E-state index in [0.29, 0.717) is 11.6 Å². The fourth-order valence-electron chi connectivity index (χ4n) is 3.12. The average Bonchev–Trinajstić information content (AvgIpc) is 2.60. The van der Waals surface area contributed by atoms with Crippen LogP contribution in [0.15, 0.2) is 47.3 Å². The summed E-state index contributed by atoms with van der Waals surface area (Å²) in [6.45, 7) is 8.30. The van der Waals surface area contributed by atoms with Gasteiger partial charge in [0.25, 0.3) is 0 Å². The number of benzene rings is 2. The fraction of sp³-hybridized carbons (Fsp3) is 0.333. The van der Waals surface area contributed by atoms with Crippen molar-refractivity contribution in [1.82, 2.24) is 9.55 Å². The molecule has 0 aliphatic carbocycles. The fourth-order valence-corrected chi connectivity index (χ4v) is 3.12. The van der Waals surface area contributed by atoms with Crippen LogP contribution < -0.4 is 10.4 Å². The molecule has 0 unspecified atom stereocenters. The summed E-state index contributed by atoms with van der Waals surface area (Å²) >= 11 is 0. The first-order valence-corrected chi connectivity index (χ1v) is 8.63. The molecule has 3 aromatic rings. The first-order valence-electron chi connectivity index (χ1n) is 8.63. The van der Waals surface area contributed by atoms with Gasteiger partial charge in [0, 0.05) is 17.0 Å². The van der Waals surface area contributed by atoms with Gasteiger partial charge in [0.2, 0.25) is 0 Å². The highest BCUT2D eigenvalue weighted by atomic mass is 16.5. The van der Waals surface area contributed by atoms with E-state index < -0.39 is 0 Å². The van der Waals surface area contributed by atoms with Crippen LogP contribution in [-0.2, 0) is 0 Å². The summed E-state index contributed by atoms with van der Waals surface area (Å²) in [4.78, 5) is 17.1. The molecule has 0 spiro atoms. The summed E-state index contributed by atoms with van der Waals surface area (Å²) in [5.41, 5.74) is 3.54. The molecule has 1 aromatic heterocycles. The van der Waals surface area contributed by atoms with E-state index in [1.165, 1.54) is 5.56 Å². The first-order chi connectivity index (χ1) is 11.9. The molecule has 0 saturated carbocycles. The minimum Gasteiger partial charge on any atom is -0.497 e. The Balaban J connectivity index is 2.37. The molecular weight excluding hydrogens is 312 g/mol. The SMILES string of the molecule is COc1ccc2c(c1)c(-c1cccc(C(C)C)c1)nc(=O)n2C(C)C. The number of nitrogens with zero attached hydrogens (tertiary/aromatic N) is 2. The van der Waals surface area contributed by atoms with Gasteiger partial charge in [-0.1, -0.05) is 32.0 Å². The Morgan fingerprint density at radius 3 is 2.44 bits per heavy atom. The molecule has 0 aliphatic rings. The van der Waals surface area contributed by atoms with E-state index in [1.807, 2.05) is 44.2 Å². The molecule has 0 fully saturated rings. The van der Waals surface area contributed by atoms with Gasteiger partial charge in [-0.25, -0.2) is 4.79 Å². The highest BCUT2D eigenvalue weighted by molar-refractivity contribution is 5.93. The van der Waals surface area contributed by atoms with E-state index in [-0.39, 0.29) is 11.7 Å². The second-order valence-corrected chi connectivity index (χ2v) is 6.87. The largest absolute Gasteiger partial charge is 0.497 e. The summed E-state index contributed by atoms with van der Waals surface area (Å²) in [7, 11) is 1.64. The molecule has 4 heteroatoms. The average molecular weight is 336 g/mol. The van der Waals surface area contributed by atoms with Crippen molar-refractivity contribution < 1.29 is 4.74 Å². The molecule has 0 saturated heterocycles. The molecule has 0 aliphatic heterocycles. The predicted molar refractivity (Wildman–Crippen MR) is 102 cm³/mol. The van der Waals surface area contributed by atoms with Gasteiger partial charge in [0.05, 0.1) is 18.3 Å². The van der Waals surface area contributed by atoms with Crippen molar-refractivity contribution in [3.05, 3.63) is 58.5 Å². The summed E-state index contributed by atoms with van der Waals surface area (Å²) in [5, 5.41) is 0.925. The molecule has 2 aromatic carbocycles. The van der Waals surface area contributed by atoms with Crippen LogP contribution in [0.3, 0.4) is 0 Å². The number of hydrogen-bond donors (Lipinski definition) is 0. The van der Waals surface area contributed by atoms with Gasteiger partial charge >= 0.3 is 5.69 Å². The van der Waals surface area contributed by atoms with Crippen molar-refractivity contribution in [3.8, 4) is 17.0 Å². The van der Waals surface area contributed by atoms with Gasteiger partial charge in [-0.2, -0.15) is 4.98 Å². The van der Waals surface area contributed by atoms with Crippen LogP contribution in [0, 0.1) is 0 Å². The molecule has 3 rings (SSSR count). The standard InChI is InChI=1S/C21H24N2O2/c1-13(2)15-7-6-8-16(11-15)20-18-12-17(25-5)9-10-19(18)23(14(3)4)21(24)22-20/h6-14H,1-5H3. The number of hydrogen-bond acceptors (Lipinski definition) is 3. The quantitative estimate of drug-likeness (QED) is 0.689. The molecule has 0 atom stereocenters. The Hall–Kier alpha value is -2.62. The van der Waals surface area contributed by atoms with Crippen molar-refractivity contribution in [1.29, 1.82) is 0 Å². The van der Waals surface area contributed by atoms with Crippen molar-refractivity contribution >= 4 is 10.9 Å². The van der Waals surface area contributed by atoms with E-state index in [2.05, 4.69) is 31.0 Å². The highest BCUT2D eigenvalue weighted by Crippen LogP contribution is 2.31. The van der Waals surface area contributed by atoms with E-state index in [4.69, 9.17) is 4.74 Å². The molecule has 0 radical (unpaired) electrons. The minimum atomic E-state index is -0.224. The Morgan fingerprint density at radius 1 is 1.04 bits per heavy atom. The topological polar surface area (TPSA) is 44.1 Å². The lowest BCUT2D eigenvalue weighted by atomic mass is 9.98. The Morgan fingerprint density at radius 2 is 1.80 bits per heavy atom. The van der Waals surface area contributed by atoms with Gasteiger partial charge in [-0.15, -0.1) is 0 Å². The van der Waals surface area contributed by atoms with Crippen molar-refractivity contribution in [3.63, 3.8) is 0 Å². The van der Waals surface area contributed by atoms with Crippen LogP contribution in [0.5, 0.6) is 5.75 Å². The van der Waals surface area contributed by atoms with E-state index in [1.54, 1.807) is 11.7 Å². The maximum Gasteiger partial charge on any atom is 0.348 e. The van der Waals surface area contributed by atoms with E-state index in [9.17, 15) is 4.79 Å². The van der Waals surface area contributed by atoms with Crippen LogP contribution >= 0.6 is 0 Å². The Bertz CT molecular complexity index is 971. The predicted octanol–water partition coefficient (Wildman–Crippen LogP) is 4.78. The minimum absolute atomic E-state index is 0.0342. The summed E-state index contributed by atoms with van der Waals surface area (Å²) in [5.74, 6) is 1.17. The van der Waals surface area contributed by atoms with Crippen LogP contribution in [0.4, 0.5) is 0 Å². The van der Waals surface area contributed by atoms with Gasteiger partial charge in [-0.3, -0.25) is 4.57 Å². The molecule has 4 nitrogen and oxygen atoms in total. The van der Waals surface area contributed by atoms with Crippen LogP contribution in [0.2, 0.25) is 0 Å². The third-order valence-electron chi connectivity index (χ3n) is 4.48. The van der Waals surface area contributed by atoms with Gasteiger partial charge in [0.15, 0.2) is 0 Å². The third-order valence-corrected chi connectivity index (χ3v) is 4.48.